The van der Waals surface area contributed by atoms with Crippen molar-refractivity contribution in [3.63, 3.8) is 0 Å². The number of nitrogen functional groups attached to an aromatic ring is 1. The Morgan fingerprint density at radius 3 is 2.58 bits per heavy atom. The van der Waals surface area contributed by atoms with Crippen LogP contribution in [0.4, 0.5) is 10.1 Å². The molecule has 12 heavy (non-hydrogen) atoms. The SMILES string of the molecule is CN(C)Cc1ccc(F)cc1N. The molecule has 2 N–H and O–H groups in total. The van der Waals surface area contributed by atoms with Crippen LogP contribution in [-0.4, -0.2) is 19.0 Å². The Balaban J connectivity index is 2.86. The third kappa shape index (κ3) is 2.20. The molecular formula is C9H13FN2. The second-order valence-corrected chi connectivity index (χ2v) is 3.08. The van der Waals surface area contributed by atoms with Gasteiger partial charge in [-0.15, -0.1) is 0 Å². The van der Waals surface area contributed by atoms with Crippen LogP contribution in [0.1, 0.15) is 5.56 Å². The molecule has 0 saturated carbocycles. The molecule has 0 radical (unpaired) electrons. The number of rotatable bonds is 2. The fourth-order valence-corrected chi connectivity index (χ4v) is 1.05. The summed E-state index contributed by atoms with van der Waals surface area (Å²) in [4.78, 5) is 1.99. The van der Waals surface area contributed by atoms with Gasteiger partial charge in [0, 0.05) is 12.2 Å². The van der Waals surface area contributed by atoms with Crippen molar-refractivity contribution in [2.75, 3.05) is 19.8 Å². The molecule has 0 spiro atoms. The molecule has 0 atom stereocenters. The quantitative estimate of drug-likeness (QED) is 0.677. The molecule has 2 nitrogen and oxygen atoms in total. The Bertz CT molecular complexity index is 271. The van der Waals surface area contributed by atoms with E-state index in [0.717, 1.165) is 12.1 Å². The molecule has 0 bridgehead atoms. The molecule has 0 fully saturated rings. The van der Waals surface area contributed by atoms with Gasteiger partial charge in [0.2, 0.25) is 0 Å². The molecular weight excluding hydrogens is 155 g/mol. The summed E-state index contributed by atoms with van der Waals surface area (Å²) in [6.45, 7) is 0.742. The van der Waals surface area contributed by atoms with Crippen molar-refractivity contribution in [3.8, 4) is 0 Å². The molecule has 1 aromatic carbocycles. The van der Waals surface area contributed by atoms with Gasteiger partial charge in [-0.05, 0) is 31.8 Å². The largest absolute Gasteiger partial charge is 0.398 e. The topological polar surface area (TPSA) is 29.3 Å². The maximum absolute atomic E-state index is 12.6. The number of benzene rings is 1. The Hall–Kier alpha value is -1.09. The second kappa shape index (κ2) is 3.54. The van der Waals surface area contributed by atoms with Gasteiger partial charge in [0.1, 0.15) is 5.82 Å². The van der Waals surface area contributed by atoms with E-state index in [1.54, 1.807) is 6.07 Å². The minimum Gasteiger partial charge on any atom is -0.398 e. The van der Waals surface area contributed by atoms with E-state index in [2.05, 4.69) is 0 Å². The van der Waals surface area contributed by atoms with Crippen LogP contribution in [0.25, 0.3) is 0 Å². The maximum Gasteiger partial charge on any atom is 0.125 e. The minimum atomic E-state index is -0.282. The van der Waals surface area contributed by atoms with Crippen molar-refractivity contribution in [3.05, 3.63) is 29.6 Å². The number of halogens is 1. The number of anilines is 1. The molecule has 0 aromatic heterocycles. The highest BCUT2D eigenvalue weighted by atomic mass is 19.1. The Kier molecular flexibility index (Phi) is 2.65. The van der Waals surface area contributed by atoms with Crippen LogP contribution >= 0.6 is 0 Å². The van der Waals surface area contributed by atoms with E-state index in [1.165, 1.54) is 12.1 Å². The zero-order valence-electron chi connectivity index (χ0n) is 7.34. The first kappa shape index (κ1) is 9.00. The zero-order chi connectivity index (χ0) is 9.14. The third-order valence-corrected chi connectivity index (χ3v) is 1.59. The number of hydrogen-bond donors (Lipinski definition) is 1. The normalized spacial score (nSPS) is 10.7. The highest BCUT2D eigenvalue weighted by molar-refractivity contribution is 5.46. The van der Waals surface area contributed by atoms with E-state index >= 15 is 0 Å². The van der Waals surface area contributed by atoms with Crippen molar-refractivity contribution in [2.45, 2.75) is 6.54 Å². The average Bonchev–Trinajstić information content (AvgIpc) is 1.94. The summed E-state index contributed by atoms with van der Waals surface area (Å²) in [6, 6.07) is 4.48. The van der Waals surface area contributed by atoms with Gasteiger partial charge in [0.25, 0.3) is 0 Å². The monoisotopic (exact) mass is 168 g/mol. The summed E-state index contributed by atoms with van der Waals surface area (Å²) >= 11 is 0. The predicted octanol–water partition coefficient (Wildman–Crippen LogP) is 1.47. The predicted molar refractivity (Wildman–Crippen MR) is 48.2 cm³/mol. The molecule has 0 amide bonds. The van der Waals surface area contributed by atoms with Gasteiger partial charge in [0.15, 0.2) is 0 Å². The second-order valence-electron chi connectivity index (χ2n) is 3.08. The van der Waals surface area contributed by atoms with Crippen molar-refractivity contribution >= 4 is 5.69 Å². The van der Waals surface area contributed by atoms with Crippen molar-refractivity contribution < 1.29 is 4.39 Å². The molecule has 1 rings (SSSR count). The van der Waals surface area contributed by atoms with E-state index in [0.29, 0.717) is 5.69 Å². The fraction of sp³-hybridized carbons (Fsp3) is 0.333. The highest BCUT2D eigenvalue weighted by Gasteiger charge is 2.00. The van der Waals surface area contributed by atoms with Crippen molar-refractivity contribution in [2.24, 2.45) is 0 Å². The van der Waals surface area contributed by atoms with E-state index in [-0.39, 0.29) is 5.82 Å². The lowest BCUT2D eigenvalue weighted by molar-refractivity contribution is 0.403. The minimum absolute atomic E-state index is 0.282. The molecule has 3 heteroatoms. The molecule has 66 valence electrons. The average molecular weight is 168 g/mol. The Labute approximate surface area is 71.8 Å². The summed E-state index contributed by atoms with van der Waals surface area (Å²) in [5.74, 6) is -0.282. The molecule has 0 aliphatic carbocycles. The summed E-state index contributed by atoms with van der Waals surface area (Å²) in [7, 11) is 3.89. The van der Waals surface area contributed by atoms with Crippen LogP contribution in [0.15, 0.2) is 18.2 Å². The van der Waals surface area contributed by atoms with Gasteiger partial charge in [-0.25, -0.2) is 4.39 Å². The lowest BCUT2D eigenvalue weighted by Crippen LogP contribution is -2.12. The van der Waals surface area contributed by atoms with Crippen molar-refractivity contribution in [1.29, 1.82) is 0 Å². The number of hydrogen-bond acceptors (Lipinski definition) is 2. The van der Waals surface area contributed by atoms with E-state index in [1.807, 2.05) is 19.0 Å². The maximum atomic E-state index is 12.6. The standard InChI is InChI=1S/C9H13FN2/c1-12(2)6-7-3-4-8(10)5-9(7)11/h3-5H,6,11H2,1-2H3. The first-order chi connectivity index (χ1) is 5.59. The van der Waals surface area contributed by atoms with Gasteiger partial charge >= 0.3 is 0 Å². The lowest BCUT2D eigenvalue weighted by Gasteiger charge is -2.11. The highest BCUT2D eigenvalue weighted by Crippen LogP contribution is 2.14. The van der Waals surface area contributed by atoms with E-state index in [9.17, 15) is 4.39 Å². The van der Waals surface area contributed by atoms with Gasteiger partial charge in [-0.2, -0.15) is 0 Å². The van der Waals surface area contributed by atoms with Gasteiger partial charge in [-0.3, -0.25) is 0 Å². The Morgan fingerprint density at radius 2 is 2.08 bits per heavy atom. The molecule has 0 aliphatic heterocycles. The lowest BCUT2D eigenvalue weighted by atomic mass is 10.2. The van der Waals surface area contributed by atoms with Crippen LogP contribution in [0.2, 0.25) is 0 Å². The van der Waals surface area contributed by atoms with E-state index < -0.39 is 0 Å². The molecule has 0 unspecified atom stereocenters. The number of nitrogens with zero attached hydrogens (tertiary/aromatic N) is 1. The van der Waals surface area contributed by atoms with Crippen LogP contribution < -0.4 is 5.73 Å². The van der Waals surface area contributed by atoms with Crippen LogP contribution in [0.3, 0.4) is 0 Å². The first-order valence-corrected chi connectivity index (χ1v) is 3.78. The van der Waals surface area contributed by atoms with Gasteiger partial charge in [0.05, 0.1) is 0 Å². The summed E-state index contributed by atoms with van der Waals surface area (Å²) in [6.07, 6.45) is 0. The van der Waals surface area contributed by atoms with Crippen LogP contribution in [0, 0.1) is 5.82 Å². The smallest absolute Gasteiger partial charge is 0.125 e. The molecule has 0 heterocycles. The summed E-state index contributed by atoms with van der Waals surface area (Å²) < 4.78 is 12.6. The fourth-order valence-electron chi connectivity index (χ4n) is 1.05. The van der Waals surface area contributed by atoms with Gasteiger partial charge in [-0.1, -0.05) is 6.07 Å². The van der Waals surface area contributed by atoms with Gasteiger partial charge < -0.3 is 10.6 Å². The first-order valence-electron chi connectivity index (χ1n) is 3.78. The number of nitrogens with two attached hydrogens (primary N) is 1. The van der Waals surface area contributed by atoms with Crippen LogP contribution in [0.5, 0.6) is 0 Å². The molecule has 1 aromatic rings. The van der Waals surface area contributed by atoms with Crippen molar-refractivity contribution in [1.82, 2.24) is 4.90 Å². The van der Waals surface area contributed by atoms with E-state index in [4.69, 9.17) is 5.73 Å². The molecule has 0 aliphatic rings. The third-order valence-electron chi connectivity index (χ3n) is 1.59. The molecule has 0 saturated heterocycles. The Morgan fingerprint density at radius 1 is 1.42 bits per heavy atom. The van der Waals surface area contributed by atoms with Crippen LogP contribution in [-0.2, 0) is 6.54 Å². The zero-order valence-corrected chi connectivity index (χ0v) is 7.34. The summed E-state index contributed by atoms with van der Waals surface area (Å²) in [5, 5.41) is 0. The summed E-state index contributed by atoms with van der Waals surface area (Å²) in [5.41, 5.74) is 7.08.